The summed E-state index contributed by atoms with van der Waals surface area (Å²) in [5.41, 5.74) is 1.93. The average molecular weight is 467 g/mol. The molecule has 0 radical (unpaired) electrons. The van der Waals surface area contributed by atoms with Gasteiger partial charge in [0, 0.05) is 30.7 Å². The lowest BCUT2D eigenvalue weighted by atomic mass is 9.95. The van der Waals surface area contributed by atoms with Crippen molar-refractivity contribution in [3.63, 3.8) is 0 Å². The zero-order valence-electron chi connectivity index (χ0n) is 17.9. The summed E-state index contributed by atoms with van der Waals surface area (Å²) in [6, 6.07) is 3.09. The number of aryl methyl sites for hydroxylation is 1. The van der Waals surface area contributed by atoms with E-state index >= 15 is 0 Å². The zero-order valence-corrected chi connectivity index (χ0v) is 19.5. The smallest absolute Gasteiger partial charge is 0.256 e. The predicted molar refractivity (Wildman–Crippen MR) is 122 cm³/mol. The molecule has 0 atom stereocenters. The Kier molecular flexibility index (Phi) is 8.17. The molecule has 9 heteroatoms. The Bertz CT molecular complexity index is 960. The van der Waals surface area contributed by atoms with E-state index in [1.165, 1.54) is 31.6 Å². The Hall–Kier alpha value is -2.29. The van der Waals surface area contributed by atoms with Crippen LogP contribution in [0.15, 0.2) is 12.1 Å². The molecule has 2 aromatic rings. The molecular weight excluding hydrogens is 440 g/mol. The number of carbonyl (C=O) groups is 2. The van der Waals surface area contributed by atoms with Crippen LogP contribution in [-0.4, -0.2) is 46.3 Å². The zero-order chi connectivity index (χ0) is 22.4. The molecular formula is C22H27ClN2O5S. The van der Waals surface area contributed by atoms with Gasteiger partial charge >= 0.3 is 0 Å². The molecule has 0 unspecified atom stereocenters. The highest BCUT2D eigenvalue weighted by atomic mass is 35.5. The lowest BCUT2D eigenvalue weighted by molar-refractivity contribution is 0.0948. The highest BCUT2D eigenvalue weighted by molar-refractivity contribution is 7.17. The lowest BCUT2D eigenvalue weighted by Gasteiger charge is -2.14. The number of benzene rings is 1. The van der Waals surface area contributed by atoms with Crippen molar-refractivity contribution in [2.75, 3.05) is 39.8 Å². The second-order valence-electron chi connectivity index (χ2n) is 7.16. The van der Waals surface area contributed by atoms with Crippen molar-refractivity contribution in [1.82, 2.24) is 5.32 Å². The molecule has 2 N–H and O–H groups in total. The third-order valence-corrected chi connectivity index (χ3v) is 6.62. The Balaban J connectivity index is 1.87. The number of carbonyl (C=O) groups excluding carboxylic acids is 2. The van der Waals surface area contributed by atoms with Gasteiger partial charge in [-0.15, -0.1) is 11.3 Å². The van der Waals surface area contributed by atoms with E-state index in [1.807, 2.05) is 0 Å². The van der Waals surface area contributed by atoms with Crippen LogP contribution in [0, 0.1) is 0 Å². The molecule has 0 spiro atoms. The molecule has 1 aromatic carbocycles. The van der Waals surface area contributed by atoms with Gasteiger partial charge in [0.1, 0.15) is 5.00 Å². The van der Waals surface area contributed by atoms with Crippen LogP contribution in [0.4, 0.5) is 5.00 Å². The number of hydrogen-bond acceptors (Lipinski definition) is 6. The number of anilines is 1. The van der Waals surface area contributed by atoms with Crippen molar-refractivity contribution in [2.24, 2.45) is 0 Å². The number of hydrogen-bond donors (Lipinski definition) is 2. The maximum Gasteiger partial charge on any atom is 0.256 e. The highest BCUT2D eigenvalue weighted by Gasteiger charge is 2.27. The molecule has 0 aliphatic heterocycles. The highest BCUT2D eigenvalue weighted by Crippen LogP contribution is 2.39. The van der Waals surface area contributed by atoms with Crippen molar-refractivity contribution in [3.05, 3.63) is 38.7 Å². The van der Waals surface area contributed by atoms with Crippen LogP contribution in [0.3, 0.4) is 0 Å². The summed E-state index contributed by atoms with van der Waals surface area (Å²) in [5.74, 6) is 0.191. The number of halogens is 1. The second-order valence-corrected chi connectivity index (χ2v) is 8.68. The summed E-state index contributed by atoms with van der Waals surface area (Å²) in [7, 11) is 4.59. The third kappa shape index (κ3) is 5.31. The van der Waals surface area contributed by atoms with Gasteiger partial charge in [0.25, 0.3) is 11.8 Å². The standard InChI is InChI=1S/C22H27ClN2O5S/c1-28-10-6-9-24-21(27)18-14-7-4-5-8-17(14)31-22(18)25-20(26)13-11-15(23)19(30-3)16(12-13)29-2/h11-12H,4-10H2,1-3H3,(H,24,27)(H,25,26). The summed E-state index contributed by atoms with van der Waals surface area (Å²) in [5, 5.41) is 6.70. The molecule has 2 amide bonds. The fourth-order valence-corrected chi connectivity index (χ4v) is 5.19. The first-order valence-electron chi connectivity index (χ1n) is 10.1. The fraction of sp³-hybridized carbons (Fsp3) is 0.455. The summed E-state index contributed by atoms with van der Waals surface area (Å²) >= 11 is 7.72. The Morgan fingerprint density at radius 2 is 1.87 bits per heavy atom. The first kappa shape index (κ1) is 23.4. The molecule has 1 heterocycles. The van der Waals surface area contributed by atoms with Crippen LogP contribution >= 0.6 is 22.9 Å². The van der Waals surface area contributed by atoms with Crippen LogP contribution in [0.5, 0.6) is 11.5 Å². The van der Waals surface area contributed by atoms with Gasteiger partial charge in [0.05, 0.1) is 24.8 Å². The number of ether oxygens (including phenoxy) is 3. The van der Waals surface area contributed by atoms with Crippen molar-refractivity contribution in [1.29, 1.82) is 0 Å². The normalized spacial score (nSPS) is 12.8. The van der Waals surface area contributed by atoms with E-state index in [2.05, 4.69) is 10.6 Å². The molecule has 0 bridgehead atoms. The quantitative estimate of drug-likeness (QED) is 0.537. The first-order valence-corrected chi connectivity index (χ1v) is 11.3. The summed E-state index contributed by atoms with van der Waals surface area (Å²) in [4.78, 5) is 27.1. The summed E-state index contributed by atoms with van der Waals surface area (Å²) in [6.45, 7) is 1.08. The molecule has 0 fully saturated rings. The lowest BCUT2D eigenvalue weighted by Crippen LogP contribution is -2.27. The molecule has 1 aliphatic carbocycles. The van der Waals surface area contributed by atoms with Gasteiger partial charge in [-0.25, -0.2) is 0 Å². The first-order chi connectivity index (χ1) is 15.0. The SMILES string of the molecule is COCCCNC(=O)c1c(NC(=O)c2cc(Cl)c(OC)c(OC)c2)sc2c1CCCC2. The minimum atomic E-state index is -0.366. The van der Waals surface area contributed by atoms with Gasteiger partial charge in [0.15, 0.2) is 11.5 Å². The van der Waals surface area contributed by atoms with Crippen molar-refractivity contribution < 1.29 is 23.8 Å². The van der Waals surface area contributed by atoms with E-state index in [9.17, 15) is 9.59 Å². The van der Waals surface area contributed by atoms with E-state index in [0.29, 0.717) is 40.8 Å². The number of methoxy groups -OCH3 is 3. The van der Waals surface area contributed by atoms with E-state index < -0.39 is 0 Å². The molecule has 31 heavy (non-hydrogen) atoms. The minimum Gasteiger partial charge on any atom is -0.493 e. The molecule has 7 nitrogen and oxygen atoms in total. The van der Waals surface area contributed by atoms with Crippen molar-refractivity contribution in [3.8, 4) is 11.5 Å². The maximum absolute atomic E-state index is 13.0. The molecule has 1 aromatic heterocycles. The Morgan fingerprint density at radius 1 is 1.10 bits per heavy atom. The average Bonchev–Trinajstić information content (AvgIpc) is 3.13. The Labute approximate surface area is 191 Å². The van der Waals surface area contributed by atoms with Gasteiger partial charge in [-0.3, -0.25) is 9.59 Å². The van der Waals surface area contributed by atoms with E-state index in [0.717, 1.165) is 42.5 Å². The molecule has 3 rings (SSSR count). The number of fused-ring (bicyclic) bond motifs is 1. The second kappa shape index (κ2) is 10.8. The van der Waals surface area contributed by atoms with Crippen LogP contribution < -0.4 is 20.1 Å². The Morgan fingerprint density at radius 3 is 2.58 bits per heavy atom. The van der Waals surface area contributed by atoms with Crippen LogP contribution in [0.2, 0.25) is 5.02 Å². The minimum absolute atomic E-state index is 0.170. The van der Waals surface area contributed by atoms with E-state index in [-0.39, 0.29) is 16.8 Å². The summed E-state index contributed by atoms with van der Waals surface area (Å²) in [6.07, 6.45) is 4.60. The number of rotatable bonds is 9. The number of thiophene rings is 1. The van der Waals surface area contributed by atoms with Gasteiger partial charge < -0.3 is 24.8 Å². The molecule has 0 saturated heterocycles. The van der Waals surface area contributed by atoms with Crippen LogP contribution in [0.1, 0.15) is 50.4 Å². The molecule has 168 valence electrons. The topological polar surface area (TPSA) is 85.9 Å². The number of nitrogens with one attached hydrogen (secondary N) is 2. The van der Waals surface area contributed by atoms with Gasteiger partial charge in [-0.2, -0.15) is 0 Å². The van der Waals surface area contributed by atoms with Crippen molar-refractivity contribution in [2.45, 2.75) is 32.1 Å². The molecule has 1 aliphatic rings. The monoisotopic (exact) mass is 466 g/mol. The largest absolute Gasteiger partial charge is 0.493 e. The van der Waals surface area contributed by atoms with Crippen LogP contribution in [0.25, 0.3) is 0 Å². The fourth-order valence-electron chi connectivity index (χ4n) is 3.63. The van der Waals surface area contributed by atoms with Gasteiger partial charge in [-0.05, 0) is 49.8 Å². The van der Waals surface area contributed by atoms with Gasteiger partial charge in [-0.1, -0.05) is 11.6 Å². The molecule has 0 saturated carbocycles. The van der Waals surface area contributed by atoms with Crippen molar-refractivity contribution >= 4 is 39.8 Å². The predicted octanol–water partition coefficient (Wildman–Crippen LogP) is 4.32. The van der Waals surface area contributed by atoms with Crippen LogP contribution in [-0.2, 0) is 17.6 Å². The summed E-state index contributed by atoms with van der Waals surface area (Å²) < 4.78 is 15.6. The van der Waals surface area contributed by atoms with E-state index in [1.54, 1.807) is 13.2 Å². The van der Waals surface area contributed by atoms with E-state index in [4.69, 9.17) is 25.8 Å². The third-order valence-electron chi connectivity index (χ3n) is 5.13. The number of amides is 2. The maximum atomic E-state index is 13.0. The van der Waals surface area contributed by atoms with Gasteiger partial charge in [0.2, 0.25) is 0 Å².